The van der Waals surface area contributed by atoms with Gasteiger partial charge in [0.1, 0.15) is 0 Å². The van der Waals surface area contributed by atoms with E-state index in [1.165, 1.54) is 0 Å². The zero-order valence-electron chi connectivity index (χ0n) is 13.4. The van der Waals surface area contributed by atoms with E-state index in [1.54, 1.807) is 6.20 Å². The predicted molar refractivity (Wildman–Crippen MR) is 80.6 cm³/mol. The molecule has 8 nitrogen and oxygen atoms in total. The second-order valence-corrected chi connectivity index (χ2v) is 5.88. The van der Waals surface area contributed by atoms with Gasteiger partial charge in [-0.25, -0.2) is 0 Å². The first-order valence-electron chi connectivity index (χ1n) is 7.84. The van der Waals surface area contributed by atoms with Crippen molar-refractivity contribution in [3.63, 3.8) is 0 Å². The van der Waals surface area contributed by atoms with Crippen LogP contribution in [0.3, 0.4) is 0 Å². The molecule has 1 unspecified atom stereocenters. The summed E-state index contributed by atoms with van der Waals surface area (Å²) in [5.74, 6) is 1.36. The number of carbonyl (C=O) groups is 1. The third-order valence-electron chi connectivity index (χ3n) is 3.86. The van der Waals surface area contributed by atoms with E-state index in [4.69, 9.17) is 9.15 Å². The Labute approximate surface area is 134 Å². The van der Waals surface area contributed by atoms with Gasteiger partial charge in [0.2, 0.25) is 17.7 Å². The first-order chi connectivity index (χ1) is 11.1. The van der Waals surface area contributed by atoms with Gasteiger partial charge in [-0.05, 0) is 6.07 Å². The molecule has 124 valence electrons. The van der Waals surface area contributed by atoms with Gasteiger partial charge in [0, 0.05) is 31.5 Å². The van der Waals surface area contributed by atoms with Gasteiger partial charge in [-0.3, -0.25) is 9.89 Å². The third kappa shape index (κ3) is 3.58. The number of H-pyrrole nitrogens is 1. The summed E-state index contributed by atoms with van der Waals surface area (Å²) >= 11 is 0. The summed E-state index contributed by atoms with van der Waals surface area (Å²) in [4.78, 5) is 14.4. The Hall–Kier alpha value is -2.22. The van der Waals surface area contributed by atoms with Gasteiger partial charge >= 0.3 is 0 Å². The van der Waals surface area contributed by atoms with Crippen molar-refractivity contribution in [2.24, 2.45) is 0 Å². The standard InChI is InChI=1S/C15H21N5O3/c1-10(2)15-19-18-13(23-15)3-4-14(21)20-7-8-22-9-12(20)11-5-6-16-17-11/h5-6,10,12H,3-4,7-9H2,1-2H3,(H,16,17). The first kappa shape index (κ1) is 15.7. The highest BCUT2D eigenvalue weighted by atomic mass is 16.5. The van der Waals surface area contributed by atoms with Gasteiger partial charge < -0.3 is 14.1 Å². The quantitative estimate of drug-likeness (QED) is 0.896. The van der Waals surface area contributed by atoms with Crippen LogP contribution < -0.4 is 0 Å². The zero-order chi connectivity index (χ0) is 16.2. The summed E-state index contributed by atoms with van der Waals surface area (Å²) in [6, 6.07) is 1.75. The number of hydrogen-bond acceptors (Lipinski definition) is 6. The number of nitrogens with zero attached hydrogens (tertiary/aromatic N) is 4. The van der Waals surface area contributed by atoms with Crippen molar-refractivity contribution in [3.05, 3.63) is 29.7 Å². The highest BCUT2D eigenvalue weighted by Crippen LogP contribution is 2.23. The highest BCUT2D eigenvalue weighted by Gasteiger charge is 2.29. The fourth-order valence-electron chi connectivity index (χ4n) is 2.57. The second-order valence-electron chi connectivity index (χ2n) is 5.88. The zero-order valence-corrected chi connectivity index (χ0v) is 13.4. The number of morpholine rings is 1. The van der Waals surface area contributed by atoms with Crippen LogP contribution in [0.4, 0.5) is 0 Å². The van der Waals surface area contributed by atoms with Crippen LogP contribution in [0.2, 0.25) is 0 Å². The highest BCUT2D eigenvalue weighted by molar-refractivity contribution is 5.77. The number of aromatic nitrogens is 4. The minimum Gasteiger partial charge on any atom is -0.425 e. The number of rotatable bonds is 5. The summed E-state index contributed by atoms with van der Waals surface area (Å²) in [5, 5.41) is 14.9. The molecule has 0 radical (unpaired) electrons. The molecule has 1 aliphatic heterocycles. The number of amides is 1. The monoisotopic (exact) mass is 319 g/mol. The van der Waals surface area contributed by atoms with Crippen LogP contribution in [0.25, 0.3) is 0 Å². The molecular formula is C15H21N5O3. The average molecular weight is 319 g/mol. The summed E-state index contributed by atoms with van der Waals surface area (Å²) in [5.41, 5.74) is 0.887. The van der Waals surface area contributed by atoms with Crippen LogP contribution in [0, 0.1) is 0 Å². The van der Waals surface area contributed by atoms with E-state index in [-0.39, 0.29) is 17.9 Å². The second kappa shape index (κ2) is 6.91. The summed E-state index contributed by atoms with van der Waals surface area (Å²) in [6.07, 6.45) is 2.47. The van der Waals surface area contributed by atoms with Gasteiger partial charge in [-0.2, -0.15) is 5.10 Å². The molecule has 1 N–H and O–H groups in total. The fraction of sp³-hybridized carbons (Fsp3) is 0.600. The van der Waals surface area contributed by atoms with Crippen LogP contribution in [0.15, 0.2) is 16.7 Å². The molecule has 2 aromatic rings. The molecule has 23 heavy (non-hydrogen) atoms. The van der Waals surface area contributed by atoms with Crippen molar-refractivity contribution in [1.29, 1.82) is 0 Å². The van der Waals surface area contributed by atoms with Crippen LogP contribution in [-0.4, -0.2) is 51.0 Å². The van der Waals surface area contributed by atoms with Crippen LogP contribution in [-0.2, 0) is 16.0 Å². The lowest BCUT2D eigenvalue weighted by Crippen LogP contribution is -2.43. The topological polar surface area (TPSA) is 97.1 Å². The van der Waals surface area contributed by atoms with Crippen molar-refractivity contribution in [2.75, 3.05) is 19.8 Å². The SMILES string of the molecule is CC(C)c1nnc(CCC(=O)N2CCOCC2c2ccn[nH]2)o1. The maximum Gasteiger partial charge on any atom is 0.223 e. The van der Waals surface area contributed by atoms with Crippen molar-refractivity contribution < 1.29 is 13.9 Å². The molecule has 1 amide bonds. The number of ether oxygens (including phenoxy) is 1. The fourth-order valence-corrected chi connectivity index (χ4v) is 2.57. The average Bonchev–Trinajstić information content (AvgIpc) is 3.24. The Morgan fingerprint density at radius 3 is 3.04 bits per heavy atom. The molecule has 3 rings (SSSR count). The van der Waals surface area contributed by atoms with Gasteiger partial charge in [0.25, 0.3) is 0 Å². The third-order valence-corrected chi connectivity index (χ3v) is 3.86. The van der Waals surface area contributed by atoms with Gasteiger partial charge in [0.05, 0.1) is 24.9 Å². The first-order valence-corrected chi connectivity index (χ1v) is 7.84. The van der Waals surface area contributed by atoms with Crippen molar-refractivity contribution in [2.45, 2.75) is 38.6 Å². The minimum absolute atomic E-state index is 0.0530. The number of hydrogen-bond donors (Lipinski definition) is 1. The lowest BCUT2D eigenvalue weighted by Gasteiger charge is -2.35. The number of nitrogens with one attached hydrogen (secondary N) is 1. The van der Waals surface area contributed by atoms with E-state index in [2.05, 4.69) is 20.4 Å². The molecule has 0 aromatic carbocycles. The number of carbonyl (C=O) groups excluding carboxylic acids is 1. The van der Waals surface area contributed by atoms with Gasteiger partial charge in [-0.1, -0.05) is 13.8 Å². The molecule has 0 saturated carbocycles. The summed E-state index contributed by atoms with van der Waals surface area (Å²) in [6.45, 7) is 5.58. The smallest absolute Gasteiger partial charge is 0.223 e. The van der Waals surface area contributed by atoms with Gasteiger partial charge in [-0.15, -0.1) is 10.2 Å². The molecule has 0 bridgehead atoms. The van der Waals surface area contributed by atoms with Crippen molar-refractivity contribution in [3.8, 4) is 0 Å². The molecule has 3 heterocycles. The maximum atomic E-state index is 12.6. The number of aryl methyl sites for hydroxylation is 1. The lowest BCUT2D eigenvalue weighted by molar-refractivity contribution is -0.140. The predicted octanol–water partition coefficient (Wildman–Crippen LogP) is 1.45. The summed E-state index contributed by atoms with van der Waals surface area (Å²) < 4.78 is 11.0. The molecular weight excluding hydrogens is 298 g/mol. The molecule has 0 spiro atoms. The summed E-state index contributed by atoms with van der Waals surface area (Å²) in [7, 11) is 0. The van der Waals surface area contributed by atoms with Crippen LogP contribution >= 0.6 is 0 Å². The van der Waals surface area contributed by atoms with Crippen LogP contribution in [0.1, 0.15) is 49.7 Å². The van der Waals surface area contributed by atoms with Crippen molar-refractivity contribution >= 4 is 5.91 Å². The van der Waals surface area contributed by atoms with Crippen LogP contribution in [0.5, 0.6) is 0 Å². The van der Waals surface area contributed by atoms with E-state index in [0.29, 0.717) is 44.4 Å². The molecule has 1 fully saturated rings. The van der Waals surface area contributed by atoms with E-state index in [9.17, 15) is 4.79 Å². The van der Waals surface area contributed by atoms with Crippen molar-refractivity contribution in [1.82, 2.24) is 25.3 Å². The van der Waals surface area contributed by atoms with Gasteiger partial charge in [0.15, 0.2) is 0 Å². The number of aromatic amines is 1. The van der Waals surface area contributed by atoms with E-state index >= 15 is 0 Å². The molecule has 0 aliphatic carbocycles. The molecule has 8 heteroatoms. The van der Waals surface area contributed by atoms with E-state index in [0.717, 1.165) is 5.69 Å². The molecule has 1 saturated heterocycles. The normalized spacial score (nSPS) is 18.6. The Bertz CT molecular complexity index is 637. The lowest BCUT2D eigenvalue weighted by atomic mass is 10.1. The van der Waals surface area contributed by atoms with E-state index < -0.39 is 0 Å². The molecule has 1 atom stereocenters. The molecule has 2 aromatic heterocycles. The Morgan fingerprint density at radius 1 is 1.48 bits per heavy atom. The Morgan fingerprint density at radius 2 is 2.35 bits per heavy atom. The Kier molecular flexibility index (Phi) is 4.71. The molecule has 1 aliphatic rings. The minimum atomic E-state index is -0.118. The largest absolute Gasteiger partial charge is 0.425 e. The van der Waals surface area contributed by atoms with E-state index in [1.807, 2.05) is 24.8 Å². The maximum absolute atomic E-state index is 12.6. The Balaban J connectivity index is 1.61.